The van der Waals surface area contributed by atoms with Crippen LogP contribution in [0.15, 0.2) is 71.3 Å². The lowest BCUT2D eigenvalue weighted by Crippen LogP contribution is -1.99. The average Bonchev–Trinajstić information content (AvgIpc) is 3.09. The predicted molar refractivity (Wildman–Crippen MR) is 99.6 cm³/mol. The van der Waals surface area contributed by atoms with Crippen LogP contribution in [-0.2, 0) is 6.54 Å². The second-order valence-electron chi connectivity index (χ2n) is 5.92. The van der Waals surface area contributed by atoms with Crippen LogP contribution in [0.1, 0.15) is 11.1 Å². The van der Waals surface area contributed by atoms with E-state index in [1.165, 1.54) is 0 Å². The molecule has 0 atom stereocenters. The Labute approximate surface area is 150 Å². The molecular formula is C21H15N3O2. The molecule has 5 nitrogen and oxygen atoms in total. The number of phenols is 1. The summed E-state index contributed by atoms with van der Waals surface area (Å²) in [4.78, 5) is 0. The fourth-order valence-electron chi connectivity index (χ4n) is 2.83. The molecule has 0 aliphatic heterocycles. The Bertz CT molecular complexity index is 1110. The molecular weight excluding hydrogens is 326 g/mol. The highest BCUT2D eigenvalue weighted by Crippen LogP contribution is 2.32. The van der Waals surface area contributed by atoms with Gasteiger partial charge in [0, 0.05) is 12.1 Å². The molecule has 1 aromatic heterocycles. The van der Waals surface area contributed by atoms with Gasteiger partial charge in [0.15, 0.2) is 11.4 Å². The number of aromatic nitrogens is 1. The minimum atomic E-state index is 0.227. The molecule has 0 saturated heterocycles. The number of hydrogen-bond donors (Lipinski definition) is 2. The summed E-state index contributed by atoms with van der Waals surface area (Å²) in [6.45, 7) is 0.578. The number of nitrogens with one attached hydrogen (secondary N) is 1. The smallest absolute Gasteiger partial charge is 0.177 e. The first-order chi connectivity index (χ1) is 12.7. The average molecular weight is 341 g/mol. The fraction of sp³-hybridized carbons (Fsp3) is 0.0476. The SMILES string of the molecule is N#Cc1ccc(CNc2noc3cc(-c4ccccc4O)ccc23)cc1. The second-order valence-corrected chi connectivity index (χ2v) is 5.92. The van der Waals surface area contributed by atoms with Gasteiger partial charge in [-0.25, -0.2) is 0 Å². The predicted octanol–water partition coefficient (Wildman–Crippen LogP) is 4.68. The molecule has 4 aromatic rings. The number of phenolic OH excluding ortho intramolecular Hbond substituents is 1. The third-order valence-electron chi connectivity index (χ3n) is 4.23. The normalized spacial score (nSPS) is 10.6. The number of fused-ring (bicyclic) bond motifs is 1. The quantitative estimate of drug-likeness (QED) is 0.563. The highest BCUT2D eigenvalue weighted by atomic mass is 16.5. The van der Waals surface area contributed by atoms with Crippen molar-refractivity contribution in [2.75, 3.05) is 5.32 Å². The van der Waals surface area contributed by atoms with Crippen molar-refractivity contribution in [3.05, 3.63) is 77.9 Å². The summed E-state index contributed by atoms with van der Waals surface area (Å²) in [6.07, 6.45) is 0. The maximum absolute atomic E-state index is 10.0. The van der Waals surface area contributed by atoms with Crippen LogP contribution in [0.25, 0.3) is 22.1 Å². The van der Waals surface area contributed by atoms with Crippen LogP contribution in [0, 0.1) is 11.3 Å². The van der Waals surface area contributed by atoms with Crippen LogP contribution in [0.3, 0.4) is 0 Å². The van der Waals surface area contributed by atoms with Gasteiger partial charge in [-0.3, -0.25) is 0 Å². The van der Waals surface area contributed by atoms with Crippen LogP contribution in [0.5, 0.6) is 5.75 Å². The summed E-state index contributed by atoms with van der Waals surface area (Å²) < 4.78 is 5.44. The Morgan fingerprint density at radius 1 is 1.04 bits per heavy atom. The summed E-state index contributed by atoms with van der Waals surface area (Å²) in [5.74, 6) is 0.888. The van der Waals surface area contributed by atoms with Crippen molar-refractivity contribution in [3.8, 4) is 22.9 Å². The summed E-state index contributed by atoms with van der Waals surface area (Å²) >= 11 is 0. The molecule has 0 amide bonds. The largest absolute Gasteiger partial charge is 0.507 e. The number of hydrogen-bond acceptors (Lipinski definition) is 5. The molecule has 3 aromatic carbocycles. The molecule has 0 fully saturated rings. The van der Waals surface area contributed by atoms with Gasteiger partial charge < -0.3 is 14.9 Å². The van der Waals surface area contributed by atoms with Crippen molar-refractivity contribution in [2.24, 2.45) is 0 Å². The van der Waals surface area contributed by atoms with E-state index in [0.29, 0.717) is 23.5 Å². The summed E-state index contributed by atoms with van der Waals surface area (Å²) in [5.41, 5.74) is 3.94. The third-order valence-corrected chi connectivity index (χ3v) is 4.23. The molecule has 0 saturated carbocycles. The summed E-state index contributed by atoms with van der Waals surface area (Å²) in [6, 6.07) is 22.4. The maximum Gasteiger partial charge on any atom is 0.177 e. The van der Waals surface area contributed by atoms with Crippen LogP contribution in [-0.4, -0.2) is 10.3 Å². The Morgan fingerprint density at radius 2 is 1.85 bits per heavy atom. The van der Waals surface area contributed by atoms with E-state index in [0.717, 1.165) is 22.1 Å². The molecule has 0 unspecified atom stereocenters. The number of para-hydroxylation sites is 1. The van der Waals surface area contributed by atoms with E-state index in [-0.39, 0.29) is 5.75 Å². The Kier molecular flexibility index (Phi) is 4.00. The van der Waals surface area contributed by atoms with E-state index < -0.39 is 0 Å². The molecule has 4 rings (SSSR count). The van der Waals surface area contributed by atoms with Gasteiger partial charge in [0.25, 0.3) is 0 Å². The lowest BCUT2D eigenvalue weighted by molar-refractivity contribution is 0.459. The zero-order valence-electron chi connectivity index (χ0n) is 13.8. The van der Waals surface area contributed by atoms with E-state index in [9.17, 15) is 5.11 Å². The fourth-order valence-corrected chi connectivity index (χ4v) is 2.83. The molecule has 26 heavy (non-hydrogen) atoms. The highest BCUT2D eigenvalue weighted by molar-refractivity contribution is 5.91. The number of anilines is 1. The van der Waals surface area contributed by atoms with E-state index >= 15 is 0 Å². The molecule has 0 bridgehead atoms. The topological polar surface area (TPSA) is 82.1 Å². The second kappa shape index (κ2) is 6.61. The summed E-state index contributed by atoms with van der Waals surface area (Å²) in [7, 11) is 0. The van der Waals surface area contributed by atoms with Crippen molar-refractivity contribution >= 4 is 16.8 Å². The third kappa shape index (κ3) is 2.96. The Morgan fingerprint density at radius 3 is 2.62 bits per heavy atom. The Hall–Kier alpha value is -3.78. The van der Waals surface area contributed by atoms with Crippen LogP contribution < -0.4 is 5.32 Å². The van der Waals surface area contributed by atoms with Crippen molar-refractivity contribution in [2.45, 2.75) is 6.54 Å². The first-order valence-electron chi connectivity index (χ1n) is 8.15. The minimum absolute atomic E-state index is 0.227. The standard InChI is InChI=1S/C21H15N3O2/c22-12-14-5-7-15(8-6-14)13-23-21-18-10-9-16(11-20(18)26-24-21)17-3-1-2-4-19(17)25/h1-11,25H,13H2,(H,23,24). The van der Waals surface area contributed by atoms with Gasteiger partial charge in [-0.05, 0) is 41.5 Å². The summed E-state index contributed by atoms with van der Waals surface area (Å²) in [5, 5.41) is 27.1. The van der Waals surface area contributed by atoms with Crippen LogP contribution >= 0.6 is 0 Å². The van der Waals surface area contributed by atoms with Gasteiger partial charge >= 0.3 is 0 Å². The molecule has 1 heterocycles. The zero-order chi connectivity index (χ0) is 17.9. The van der Waals surface area contributed by atoms with Gasteiger partial charge in [0.2, 0.25) is 0 Å². The molecule has 0 spiro atoms. The molecule has 0 aliphatic carbocycles. The van der Waals surface area contributed by atoms with Gasteiger partial charge in [-0.2, -0.15) is 5.26 Å². The number of rotatable bonds is 4. The van der Waals surface area contributed by atoms with Crippen LogP contribution in [0.2, 0.25) is 0 Å². The maximum atomic E-state index is 10.0. The van der Waals surface area contributed by atoms with Gasteiger partial charge in [-0.1, -0.05) is 41.6 Å². The van der Waals surface area contributed by atoms with Gasteiger partial charge in [-0.15, -0.1) is 0 Å². The zero-order valence-corrected chi connectivity index (χ0v) is 13.8. The molecule has 0 aliphatic rings. The number of nitriles is 1. The lowest BCUT2D eigenvalue weighted by Gasteiger charge is -2.05. The van der Waals surface area contributed by atoms with Gasteiger partial charge in [0.05, 0.1) is 17.0 Å². The van der Waals surface area contributed by atoms with E-state index in [1.807, 2.05) is 42.5 Å². The number of aromatic hydroxyl groups is 1. The van der Waals surface area contributed by atoms with Crippen molar-refractivity contribution in [1.82, 2.24) is 5.16 Å². The first-order valence-corrected chi connectivity index (χ1v) is 8.15. The molecule has 5 heteroatoms. The first kappa shape index (κ1) is 15.7. The number of nitrogens with zero attached hydrogens (tertiary/aromatic N) is 2. The Balaban J connectivity index is 1.57. The van der Waals surface area contributed by atoms with Crippen LogP contribution in [0.4, 0.5) is 5.82 Å². The minimum Gasteiger partial charge on any atom is -0.507 e. The van der Waals surface area contributed by atoms with E-state index in [4.69, 9.17) is 9.78 Å². The van der Waals surface area contributed by atoms with Crippen molar-refractivity contribution < 1.29 is 9.63 Å². The van der Waals surface area contributed by atoms with E-state index in [2.05, 4.69) is 16.5 Å². The van der Waals surface area contributed by atoms with Crippen molar-refractivity contribution in [3.63, 3.8) is 0 Å². The van der Waals surface area contributed by atoms with E-state index in [1.54, 1.807) is 24.3 Å². The van der Waals surface area contributed by atoms with Gasteiger partial charge in [0.1, 0.15) is 5.75 Å². The lowest BCUT2D eigenvalue weighted by atomic mass is 10.0. The van der Waals surface area contributed by atoms with Crippen molar-refractivity contribution in [1.29, 1.82) is 5.26 Å². The highest BCUT2D eigenvalue weighted by Gasteiger charge is 2.11. The molecule has 126 valence electrons. The monoisotopic (exact) mass is 341 g/mol. The molecule has 0 radical (unpaired) electrons. The molecule has 2 N–H and O–H groups in total. The number of benzene rings is 3.